The summed E-state index contributed by atoms with van der Waals surface area (Å²) in [5.41, 5.74) is 0. The molecule has 0 aromatic heterocycles. The van der Waals surface area contributed by atoms with Crippen LogP contribution in [0.1, 0.15) is 25.7 Å². The summed E-state index contributed by atoms with van der Waals surface area (Å²) in [5, 5.41) is 14.9. The molecule has 3 unspecified atom stereocenters. The van der Waals surface area contributed by atoms with E-state index < -0.39 is 12.1 Å². The van der Waals surface area contributed by atoms with Gasteiger partial charge in [0.05, 0.1) is 6.10 Å². The number of urea groups is 1. The van der Waals surface area contributed by atoms with Gasteiger partial charge < -0.3 is 20.5 Å². The molecule has 2 aliphatic rings. The van der Waals surface area contributed by atoms with Gasteiger partial charge in [-0.3, -0.25) is 0 Å². The Morgan fingerprint density at radius 2 is 2.00 bits per heavy atom. The van der Waals surface area contributed by atoms with Crippen LogP contribution in [0, 0.1) is 0 Å². The standard InChI is InChI=1S/C12H20N2O4S/c15-11(16)10-4-3-8(18-10)6-13-12(17)14-7-9-2-1-5-19-9/h8-10H,1-7H2,(H,15,16)(H2,13,14,17). The minimum Gasteiger partial charge on any atom is -0.479 e. The van der Waals surface area contributed by atoms with Crippen molar-refractivity contribution >= 4 is 23.8 Å². The van der Waals surface area contributed by atoms with E-state index in [0.717, 1.165) is 6.42 Å². The maximum Gasteiger partial charge on any atom is 0.332 e. The molecule has 0 radical (unpaired) electrons. The van der Waals surface area contributed by atoms with Crippen molar-refractivity contribution in [2.75, 3.05) is 18.8 Å². The van der Waals surface area contributed by atoms with Gasteiger partial charge in [0, 0.05) is 18.3 Å². The summed E-state index contributed by atoms with van der Waals surface area (Å²) in [6.45, 7) is 1.06. The second-order valence-electron chi connectivity index (χ2n) is 4.89. The van der Waals surface area contributed by atoms with Crippen LogP contribution in [-0.2, 0) is 9.53 Å². The monoisotopic (exact) mass is 288 g/mol. The Kier molecular flexibility index (Phi) is 5.33. The fourth-order valence-corrected chi connectivity index (χ4v) is 3.52. The van der Waals surface area contributed by atoms with E-state index in [0.29, 0.717) is 31.2 Å². The normalized spacial score (nSPS) is 30.2. The summed E-state index contributed by atoms with van der Waals surface area (Å²) < 4.78 is 5.31. The molecule has 0 aromatic rings. The number of carbonyl (C=O) groups is 2. The van der Waals surface area contributed by atoms with Crippen LogP contribution >= 0.6 is 11.8 Å². The molecule has 108 valence electrons. The number of aliphatic carboxylic acids is 1. The number of ether oxygens (including phenoxy) is 1. The third-order valence-corrected chi connectivity index (χ3v) is 4.79. The maximum atomic E-state index is 11.6. The highest BCUT2D eigenvalue weighted by Gasteiger charge is 2.30. The molecule has 0 aromatic carbocycles. The first-order valence-corrected chi connectivity index (χ1v) is 7.71. The predicted molar refractivity (Wildman–Crippen MR) is 72.4 cm³/mol. The largest absolute Gasteiger partial charge is 0.479 e. The first-order chi connectivity index (χ1) is 9.15. The number of carboxylic acid groups (broad SMARTS) is 1. The number of thioether (sulfide) groups is 1. The minimum absolute atomic E-state index is 0.187. The number of amides is 2. The Labute approximate surface area is 116 Å². The molecular weight excluding hydrogens is 268 g/mol. The van der Waals surface area contributed by atoms with Crippen molar-refractivity contribution in [2.24, 2.45) is 0 Å². The highest BCUT2D eigenvalue weighted by molar-refractivity contribution is 8.00. The Bertz CT molecular complexity index is 334. The van der Waals surface area contributed by atoms with E-state index in [1.807, 2.05) is 11.8 Å². The number of carboxylic acids is 1. The van der Waals surface area contributed by atoms with Crippen molar-refractivity contribution in [3.05, 3.63) is 0 Å². The lowest BCUT2D eigenvalue weighted by Crippen LogP contribution is -2.42. The molecule has 7 heteroatoms. The lowest BCUT2D eigenvalue weighted by atomic mass is 10.2. The molecule has 0 spiro atoms. The van der Waals surface area contributed by atoms with E-state index in [2.05, 4.69) is 10.6 Å². The van der Waals surface area contributed by atoms with Gasteiger partial charge in [0.1, 0.15) is 0 Å². The Morgan fingerprint density at radius 1 is 1.21 bits per heavy atom. The Hall–Kier alpha value is -0.950. The molecule has 2 amide bonds. The summed E-state index contributed by atoms with van der Waals surface area (Å²) in [5.74, 6) is 0.255. The lowest BCUT2D eigenvalue weighted by molar-refractivity contribution is -0.149. The lowest BCUT2D eigenvalue weighted by Gasteiger charge is -2.14. The van der Waals surface area contributed by atoms with Crippen LogP contribution in [-0.4, -0.2) is 53.4 Å². The van der Waals surface area contributed by atoms with Gasteiger partial charge in [0.2, 0.25) is 0 Å². The third kappa shape index (κ3) is 4.58. The van der Waals surface area contributed by atoms with E-state index in [9.17, 15) is 9.59 Å². The van der Waals surface area contributed by atoms with E-state index in [1.165, 1.54) is 12.2 Å². The summed E-state index contributed by atoms with van der Waals surface area (Å²) in [7, 11) is 0. The van der Waals surface area contributed by atoms with Crippen molar-refractivity contribution in [3.63, 3.8) is 0 Å². The van der Waals surface area contributed by atoms with Crippen molar-refractivity contribution in [1.82, 2.24) is 10.6 Å². The van der Waals surface area contributed by atoms with Crippen molar-refractivity contribution in [1.29, 1.82) is 0 Å². The Morgan fingerprint density at radius 3 is 2.63 bits per heavy atom. The van der Waals surface area contributed by atoms with Crippen LogP contribution in [0.5, 0.6) is 0 Å². The predicted octanol–water partition coefficient (Wildman–Crippen LogP) is 0.813. The summed E-state index contributed by atoms with van der Waals surface area (Å²) in [6.07, 6.45) is 2.68. The second kappa shape index (κ2) is 7.00. The molecule has 2 aliphatic heterocycles. The first kappa shape index (κ1) is 14.5. The molecule has 2 saturated heterocycles. The molecule has 6 nitrogen and oxygen atoms in total. The van der Waals surface area contributed by atoms with Gasteiger partial charge in [0.15, 0.2) is 6.10 Å². The minimum atomic E-state index is -0.926. The van der Waals surface area contributed by atoms with Gasteiger partial charge in [-0.2, -0.15) is 11.8 Å². The third-order valence-electron chi connectivity index (χ3n) is 3.39. The molecule has 19 heavy (non-hydrogen) atoms. The topological polar surface area (TPSA) is 87.7 Å². The number of hydrogen-bond acceptors (Lipinski definition) is 4. The van der Waals surface area contributed by atoms with Crippen LogP contribution in [0.2, 0.25) is 0 Å². The summed E-state index contributed by atoms with van der Waals surface area (Å²) >= 11 is 1.90. The van der Waals surface area contributed by atoms with E-state index in [-0.39, 0.29) is 12.1 Å². The molecule has 3 N–H and O–H groups in total. The second-order valence-corrected chi connectivity index (χ2v) is 6.30. The Balaban J connectivity index is 1.57. The molecule has 2 heterocycles. The van der Waals surface area contributed by atoms with E-state index >= 15 is 0 Å². The fourth-order valence-electron chi connectivity index (χ4n) is 2.32. The average Bonchev–Trinajstić information content (AvgIpc) is 3.05. The van der Waals surface area contributed by atoms with Gasteiger partial charge in [0.25, 0.3) is 0 Å². The van der Waals surface area contributed by atoms with Crippen molar-refractivity contribution in [3.8, 4) is 0 Å². The highest BCUT2D eigenvalue weighted by atomic mass is 32.2. The van der Waals surface area contributed by atoms with Crippen LogP contribution in [0.4, 0.5) is 4.79 Å². The molecule has 0 aliphatic carbocycles. The molecule has 2 fully saturated rings. The SMILES string of the molecule is O=C(NCC1CCC(C(=O)O)O1)NCC1CCCS1. The molecular formula is C12H20N2O4S. The zero-order valence-corrected chi connectivity index (χ0v) is 11.6. The molecule has 0 bridgehead atoms. The molecule has 0 saturated carbocycles. The number of carbonyl (C=O) groups excluding carboxylic acids is 1. The zero-order valence-electron chi connectivity index (χ0n) is 10.8. The van der Waals surface area contributed by atoms with Gasteiger partial charge in [-0.15, -0.1) is 0 Å². The summed E-state index contributed by atoms with van der Waals surface area (Å²) in [6, 6.07) is -0.199. The van der Waals surface area contributed by atoms with Crippen molar-refractivity contribution < 1.29 is 19.4 Å². The number of hydrogen-bond donors (Lipinski definition) is 3. The van der Waals surface area contributed by atoms with Gasteiger partial charge >= 0.3 is 12.0 Å². The number of nitrogens with one attached hydrogen (secondary N) is 2. The first-order valence-electron chi connectivity index (χ1n) is 6.66. The highest BCUT2D eigenvalue weighted by Crippen LogP contribution is 2.25. The van der Waals surface area contributed by atoms with E-state index in [1.54, 1.807) is 0 Å². The average molecular weight is 288 g/mol. The van der Waals surface area contributed by atoms with Crippen molar-refractivity contribution in [2.45, 2.75) is 43.1 Å². The van der Waals surface area contributed by atoms with Crippen LogP contribution in [0.15, 0.2) is 0 Å². The van der Waals surface area contributed by atoms with Gasteiger partial charge in [-0.1, -0.05) is 0 Å². The molecule has 3 atom stereocenters. The van der Waals surface area contributed by atoms with Gasteiger partial charge in [-0.25, -0.2) is 9.59 Å². The zero-order chi connectivity index (χ0) is 13.7. The summed E-state index contributed by atoms with van der Waals surface area (Å²) in [4.78, 5) is 22.3. The maximum absolute atomic E-state index is 11.6. The molecule has 2 rings (SSSR count). The quantitative estimate of drug-likeness (QED) is 0.697. The number of rotatable bonds is 5. The van der Waals surface area contributed by atoms with Crippen LogP contribution < -0.4 is 10.6 Å². The fraction of sp³-hybridized carbons (Fsp3) is 0.833. The smallest absolute Gasteiger partial charge is 0.332 e. The van der Waals surface area contributed by atoms with Gasteiger partial charge in [-0.05, 0) is 31.4 Å². The van der Waals surface area contributed by atoms with Crippen LogP contribution in [0.3, 0.4) is 0 Å². The van der Waals surface area contributed by atoms with E-state index in [4.69, 9.17) is 9.84 Å². The van der Waals surface area contributed by atoms with Crippen LogP contribution in [0.25, 0.3) is 0 Å².